The smallest absolute Gasteiger partial charge is 0.344 e. The van der Waals surface area contributed by atoms with E-state index in [1.54, 1.807) is 0 Å². The number of methoxy groups -OCH3 is 1. The van der Waals surface area contributed by atoms with E-state index >= 15 is 0 Å². The molecule has 0 radical (unpaired) electrons. The van der Waals surface area contributed by atoms with Crippen molar-refractivity contribution in [2.75, 3.05) is 13.7 Å². The zero-order valence-corrected chi connectivity index (χ0v) is 15.5. The number of carbonyl (C=O) groups is 2. The molecule has 9 heteroatoms. The fraction of sp³-hybridized carbons (Fsp3) is 0.529. The van der Waals surface area contributed by atoms with Crippen LogP contribution in [0.1, 0.15) is 34.1 Å². The Morgan fingerprint density at radius 2 is 2.00 bits per heavy atom. The molecular weight excluding hydrogens is 344 g/mol. The molecule has 0 saturated carbocycles. The van der Waals surface area contributed by atoms with Crippen molar-refractivity contribution in [2.45, 2.75) is 45.8 Å². The van der Waals surface area contributed by atoms with Crippen LogP contribution < -0.4 is 14.8 Å². The van der Waals surface area contributed by atoms with E-state index < -0.39 is 35.0 Å². The van der Waals surface area contributed by atoms with Gasteiger partial charge in [-0.05, 0) is 33.3 Å². The van der Waals surface area contributed by atoms with Gasteiger partial charge in [-0.2, -0.15) is 0 Å². The fourth-order valence-corrected chi connectivity index (χ4v) is 1.85. The minimum Gasteiger partial charge on any atom is -0.490 e. The van der Waals surface area contributed by atoms with Crippen molar-refractivity contribution in [3.63, 3.8) is 0 Å². The van der Waals surface area contributed by atoms with Crippen LogP contribution in [0.2, 0.25) is 0 Å². The number of carbonyl (C=O) groups excluding carboxylic acids is 2. The average Bonchev–Trinajstić information content (AvgIpc) is 2.59. The molecule has 0 fully saturated rings. The number of benzene rings is 1. The fourth-order valence-electron chi connectivity index (χ4n) is 1.85. The molecule has 0 aliphatic heterocycles. The van der Waals surface area contributed by atoms with Crippen LogP contribution in [0, 0.1) is 10.1 Å². The van der Waals surface area contributed by atoms with E-state index in [4.69, 9.17) is 14.2 Å². The number of nitro benzene ring substituents is 1. The molecule has 0 bridgehead atoms. The van der Waals surface area contributed by atoms with Gasteiger partial charge < -0.3 is 19.5 Å². The number of amides is 1. The van der Waals surface area contributed by atoms with E-state index in [-0.39, 0.29) is 17.2 Å². The Labute approximate surface area is 151 Å². The Morgan fingerprint density at radius 3 is 2.54 bits per heavy atom. The summed E-state index contributed by atoms with van der Waals surface area (Å²) >= 11 is 0. The highest BCUT2D eigenvalue weighted by molar-refractivity contribution is 5.84. The zero-order chi connectivity index (χ0) is 19.9. The predicted octanol–water partition coefficient (Wildman–Crippen LogP) is 2.22. The molecule has 9 nitrogen and oxygen atoms in total. The van der Waals surface area contributed by atoms with Gasteiger partial charge in [0.2, 0.25) is 5.75 Å². The molecule has 1 aromatic rings. The number of rotatable bonds is 9. The summed E-state index contributed by atoms with van der Waals surface area (Å²) in [6.45, 7) is 6.68. The second-order valence-electron chi connectivity index (χ2n) is 6.24. The first-order valence-electron chi connectivity index (χ1n) is 8.06. The van der Waals surface area contributed by atoms with Crippen molar-refractivity contribution in [3.05, 3.63) is 28.3 Å². The number of ether oxygens (including phenoxy) is 3. The summed E-state index contributed by atoms with van der Waals surface area (Å²) in [5.41, 5.74) is -0.616. The minimum absolute atomic E-state index is 0.00964. The van der Waals surface area contributed by atoms with Crippen LogP contribution in [0.15, 0.2) is 18.2 Å². The summed E-state index contributed by atoms with van der Waals surface area (Å²) in [5, 5.41) is 13.6. The normalized spacial score (nSPS) is 12.0. The molecular formula is C17H24N2O7. The highest BCUT2D eigenvalue weighted by Crippen LogP contribution is 2.30. The van der Waals surface area contributed by atoms with Gasteiger partial charge in [-0.3, -0.25) is 14.9 Å². The molecule has 144 valence electrons. The van der Waals surface area contributed by atoms with Gasteiger partial charge in [-0.15, -0.1) is 0 Å². The SMILES string of the molecule is CCC(C)(C)NC(=O)C(C)OC(=O)COc1ccc([N+](=O)[O-])c(OC)c1. The lowest BCUT2D eigenvalue weighted by molar-refractivity contribution is -0.385. The Morgan fingerprint density at radius 1 is 1.35 bits per heavy atom. The predicted molar refractivity (Wildman–Crippen MR) is 93.2 cm³/mol. The van der Waals surface area contributed by atoms with Gasteiger partial charge in [-0.1, -0.05) is 6.92 Å². The molecule has 0 aromatic heterocycles. The Bertz CT molecular complexity index is 673. The molecule has 0 heterocycles. The Hall–Kier alpha value is -2.84. The van der Waals surface area contributed by atoms with Crippen LogP contribution in [0.3, 0.4) is 0 Å². The first-order chi connectivity index (χ1) is 12.1. The van der Waals surface area contributed by atoms with Crippen LogP contribution in [-0.4, -0.2) is 42.2 Å². The highest BCUT2D eigenvalue weighted by Gasteiger charge is 2.24. The van der Waals surface area contributed by atoms with Crippen molar-refractivity contribution in [3.8, 4) is 11.5 Å². The number of hydrogen-bond donors (Lipinski definition) is 1. The third-order valence-electron chi connectivity index (χ3n) is 3.73. The first kappa shape index (κ1) is 21.2. The van der Waals surface area contributed by atoms with Gasteiger partial charge >= 0.3 is 11.7 Å². The number of nitrogens with one attached hydrogen (secondary N) is 1. The molecule has 1 amide bonds. The van der Waals surface area contributed by atoms with E-state index in [1.165, 1.54) is 32.2 Å². The highest BCUT2D eigenvalue weighted by atomic mass is 16.6. The van der Waals surface area contributed by atoms with Crippen molar-refractivity contribution in [2.24, 2.45) is 0 Å². The van der Waals surface area contributed by atoms with E-state index in [0.717, 1.165) is 6.42 Å². The van der Waals surface area contributed by atoms with Crippen molar-refractivity contribution in [1.82, 2.24) is 5.32 Å². The Kier molecular flexibility index (Phi) is 7.36. The van der Waals surface area contributed by atoms with Gasteiger partial charge in [-0.25, -0.2) is 4.79 Å². The molecule has 0 saturated heterocycles. The van der Waals surface area contributed by atoms with E-state index in [9.17, 15) is 19.7 Å². The van der Waals surface area contributed by atoms with Crippen LogP contribution in [0.5, 0.6) is 11.5 Å². The molecule has 1 N–H and O–H groups in total. The standard InChI is InChI=1S/C17H24N2O7/c1-6-17(3,4)18-16(21)11(2)26-15(20)10-25-12-7-8-13(19(22)23)14(9-12)24-5/h7-9,11H,6,10H2,1-5H3,(H,18,21). The maximum atomic E-state index is 12.0. The summed E-state index contributed by atoms with van der Waals surface area (Å²) in [6.07, 6.45) is -0.242. The molecule has 0 aliphatic carbocycles. The molecule has 26 heavy (non-hydrogen) atoms. The summed E-state index contributed by atoms with van der Waals surface area (Å²) in [4.78, 5) is 34.1. The molecule has 0 spiro atoms. The van der Waals surface area contributed by atoms with Gasteiger partial charge in [0, 0.05) is 17.7 Å². The lowest BCUT2D eigenvalue weighted by Gasteiger charge is -2.26. The lowest BCUT2D eigenvalue weighted by atomic mass is 10.0. The molecule has 1 atom stereocenters. The second kappa shape index (κ2) is 9.02. The Balaban J connectivity index is 2.59. The monoisotopic (exact) mass is 368 g/mol. The summed E-state index contributed by atoms with van der Waals surface area (Å²) < 4.78 is 15.2. The third kappa shape index (κ3) is 6.23. The maximum absolute atomic E-state index is 12.0. The largest absolute Gasteiger partial charge is 0.490 e. The van der Waals surface area contributed by atoms with Crippen LogP contribution in [0.25, 0.3) is 0 Å². The molecule has 1 unspecified atom stereocenters. The average molecular weight is 368 g/mol. The number of hydrogen-bond acceptors (Lipinski definition) is 7. The quantitative estimate of drug-likeness (QED) is 0.403. The zero-order valence-electron chi connectivity index (χ0n) is 15.5. The second-order valence-corrected chi connectivity index (χ2v) is 6.24. The maximum Gasteiger partial charge on any atom is 0.344 e. The van der Waals surface area contributed by atoms with Crippen LogP contribution >= 0.6 is 0 Å². The number of nitrogens with zero attached hydrogens (tertiary/aromatic N) is 1. The summed E-state index contributed by atoms with van der Waals surface area (Å²) in [5.74, 6) is -0.925. The molecule has 0 aliphatic rings. The number of esters is 1. The third-order valence-corrected chi connectivity index (χ3v) is 3.73. The van der Waals surface area contributed by atoms with Crippen LogP contribution in [0.4, 0.5) is 5.69 Å². The van der Waals surface area contributed by atoms with Crippen LogP contribution in [-0.2, 0) is 14.3 Å². The molecule has 1 aromatic carbocycles. The lowest BCUT2D eigenvalue weighted by Crippen LogP contribution is -2.48. The van der Waals surface area contributed by atoms with Gasteiger partial charge in [0.25, 0.3) is 5.91 Å². The van der Waals surface area contributed by atoms with E-state index in [0.29, 0.717) is 0 Å². The van der Waals surface area contributed by atoms with Gasteiger partial charge in [0.15, 0.2) is 12.7 Å². The summed E-state index contributed by atoms with van der Waals surface area (Å²) in [6, 6.07) is 3.85. The molecule has 1 rings (SSSR count). The number of nitro groups is 1. The van der Waals surface area contributed by atoms with E-state index in [1.807, 2.05) is 20.8 Å². The minimum atomic E-state index is -0.969. The van der Waals surface area contributed by atoms with Crippen molar-refractivity contribution >= 4 is 17.6 Å². The van der Waals surface area contributed by atoms with Gasteiger partial charge in [0.1, 0.15) is 5.75 Å². The summed E-state index contributed by atoms with van der Waals surface area (Å²) in [7, 11) is 1.29. The van der Waals surface area contributed by atoms with Crippen molar-refractivity contribution < 1.29 is 28.7 Å². The van der Waals surface area contributed by atoms with Crippen molar-refractivity contribution in [1.29, 1.82) is 0 Å². The first-order valence-corrected chi connectivity index (χ1v) is 8.06. The topological polar surface area (TPSA) is 117 Å². The van der Waals surface area contributed by atoms with E-state index in [2.05, 4.69) is 5.32 Å². The van der Waals surface area contributed by atoms with Gasteiger partial charge in [0.05, 0.1) is 12.0 Å².